The average molecular weight is 311 g/mol. The zero-order chi connectivity index (χ0) is 16.4. The average Bonchev–Trinajstić information content (AvgIpc) is 2.84. The number of ether oxygens (including phenoxy) is 1. The van der Waals surface area contributed by atoms with Crippen molar-refractivity contribution >= 4 is 27.9 Å². The molecule has 23 heavy (non-hydrogen) atoms. The van der Waals surface area contributed by atoms with Crippen molar-refractivity contribution in [1.29, 1.82) is 0 Å². The first-order chi connectivity index (χ1) is 11.1. The number of carbonyl (C=O) groups is 1. The molecule has 0 fully saturated rings. The van der Waals surface area contributed by atoms with Crippen LogP contribution in [-0.2, 0) is 23.0 Å². The van der Waals surface area contributed by atoms with Crippen LogP contribution < -0.4 is 0 Å². The molecule has 3 rings (SSSR count). The predicted octanol–water partition coefficient (Wildman–Crippen LogP) is 3.32. The molecule has 1 aromatic carbocycles. The third kappa shape index (κ3) is 2.91. The number of hydrogen-bond acceptors (Lipinski definition) is 4. The molecule has 5 nitrogen and oxygen atoms in total. The second-order valence-electron chi connectivity index (χ2n) is 5.70. The lowest BCUT2D eigenvalue weighted by Gasteiger charge is -2.03. The third-order valence-corrected chi connectivity index (χ3v) is 4.14. The van der Waals surface area contributed by atoms with Crippen LogP contribution in [-0.4, -0.2) is 27.1 Å². The van der Waals surface area contributed by atoms with Gasteiger partial charge in [0.2, 0.25) is 0 Å². The Morgan fingerprint density at radius 2 is 2.13 bits per heavy atom. The van der Waals surface area contributed by atoms with Gasteiger partial charge in [0.25, 0.3) is 0 Å². The van der Waals surface area contributed by atoms with Crippen LogP contribution in [0.3, 0.4) is 0 Å². The number of fused-ring (bicyclic) bond motifs is 3. The molecular weight excluding hydrogens is 290 g/mol. The third-order valence-electron chi connectivity index (χ3n) is 4.14. The molecular formula is C18H21N3O2. The Labute approximate surface area is 135 Å². The van der Waals surface area contributed by atoms with Gasteiger partial charge in [0, 0.05) is 31.5 Å². The van der Waals surface area contributed by atoms with Crippen molar-refractivity contribution < 1.29 is 9.53 Å². The molecule has 0 unspecified atom stereocenters. The molecule has 0 saturated carbocycles. The smallest absolute Gasteiger partial charge is 0.305 e. The highest BCUT2D eigenvalue weighted by molar-refractivity contribution is 6.04. The maximum Gasteiger partial charge on any atom is 0.305 e. The van der Waals surface area contributed by atoms with Gasteiger partial charge in [0.05, 0.1) is 23.2 Å². The lowest BCUT2D eigenvalue weighted by Crippen LogP contribution is -2.05. The molecule has 0 saturated heterocycles. The van der Waals surface area contributed by atoms with E-state index in [0.29, 0.717) is 13.0 Å². The summed E-state index contributed by atoms with van der Waals surface area (Å²) in [6.45, 7) is 4.34. The molecule has 0 radical (unpaired) electrons. The van der Waals surface area contributed by atoms with Crippen molar-refractivity contribution in [1.82, 2.24) is 14.5 Å². The predicted molar refractivity (Wildman–Crippen MR) is 90.3 cm³/mol. The Morgan fingerprint density at radius 3 is 2.91 bits per heavy atom. The van der Waals surface area contributed by atoms with Crippen LogP contribution >= 0.6 is 0 Å². The Balaban J connectivity index is 1.92. The van der Waals surface area contributed by atoms with Gasteiger partial charge >= 0.3 is 5.97 Å². The fraction of sp³-hybridized carbons (Fsp3) is 0.389. The monoisotopic (exact) mass is 311 g/mol. The first-order valence-corrected chi connectivity index (χ1v) is 7.97. The van der Waals surface area contributed by atoms with Gasteiger partial charge in [0.1, 0.15) is 5.82 Å². The second kappa shape index (κ2) is 6.36. The highest BCUT2D eigenvalue weighted by Gasteiger charge is 2.13. The van der Waals surface area contributed by atoms with Crippen molar-refractivity contribution in [3.8, 4) is 0 Å². The topological polar surface area (TPSA) is 57.0 Å². The molecule has 120 valence electrons. The number of aryl methyl sites for hydroxylation is 3. The van der Waals surface area contributed by atoms with Crippen molar-refractivity contribution in [2.24, 2.45) is 7.05 Å². The number of benzene rings is 1. The highest BCUT2D eigenvalue weighted by atomic mass is 16.5. The first kappa shape index (κ1) is 15.5. The summed E-state index contributed by atoms with van der Waals surface area (Å²) in [4.78, 5) is 20.7. The molecule has 0 aliphatic rings. The van der Waals surface area contributed by atoms with E-state index in [1.165, 1.54) is 5.56 Å². The van der Waals surface area contributed by atoms with Gasteiger partial charge in [-0.1, -0.05) is 0 Å². The number of nitrogens with zero attached hydrogens (tertiary/aromatic N) is 3. The van der Waals surface area contributed by atoms with E-state index in [1.54, 1.807) is 0 Å². The standard InChI is InChI=1S/C18H21N3O2/c1-4-23-16(22)7-5-6-15-20-18-14(21(15)3)9-8-13-17(18)12(2)10-11-19-13/h8-11H,4-7H2,1-3H3. The van der Waals surface area contributed by atoms with E-state index in [4.69, 9.17) is 9.72 Å². The van der Waals surface area contributed by atoms with Gasteiger partial charge in [-0.05, 0) is 44.0 Å². The summed E-state index contributed by atoms with van der Waals surface area (Å²) in [6, 6.07) is 6.11. The maximum atomic E-state index is 11.5. The number of imidazole rings is 1. The fourth-order valence-corrected chi connectivity index (χ4v) is 2.95. The molecule has 5 heteroatoms. The van der Waals surface area contributed by atoms with Crippen molar-refractivity contribution in [2.75, 3.05) is 6.61 Å². The lowest BCUT2D eigenvalue weighted by molar-refractivity contribution is -0.143. The molecule has 0 aliphatic carbocycles. The van der Waals surface area contributed by atoms with Gasteiger partial charge in [-0.3, -0.25) is 9.78 Å². The van der Waals surface area contributed by atoms with Crippen molar-refractivity contribution in [2.45, 2.75) is 33.1 Å². The number of pyridine rings is 1. The molecule has 0 N–H and O–H groups in total. The van der Waals surface area contributed by atoms with Gasteiger partial charge in [-0.15, -0.1) is 0 Å². The molecule has 2 heterocycles. The van der Waals surface area contributed by atoms with Crippen LogP contribution in [0.5, 0.6) is 0 Å². The van der Waals surface area contributed by atoms with E-state index in [2.05, 4.69) is 22.5 Å². The number of aromatic nitrogens is 3. The Bertz CT molecular complexity index is 867. The molecule has 0 atom stereocenters. The maximum absolute atomic E-state index is 11.5. The second-order valence-corrected chi connectivity index (χ2v) is 5.70. The molecule has 0 aliphatic heterocycles. The van der Waals surface area contributed by atoms with Crippen molar-refractivity contribution in [3.05, 3.63) is 35.8 Å². The van der Waals surface area contributed by atoms with Gasteiger partial charge in [0.15, 0.2) is 0 Å². The Kier molecular flexibility index (Phi) is 4.28. The van der Waals surface area contributed by atoms with Crippen LogP contribution in [0.15, 0.2) is 24.4 Å². The molecule has 0 bridgehead atoms. The minimum Gasteiger partial charge on any atom is -0.466 e. The van der Waals surface area contributed by atoms with Crippen LogP contribution in [0.25, 0.3) is 21.9 Å². The quantitative estimate of drug-likeness (QED) is 0.678. The van der Waals surface area contributed by atoms with Crippen LogP contribution in [0.2, 0.25) is 0 Å². The zero-order valence-corrected chi connectivity index (χ0v) is 13.8. The molecule has 2 aromatic heterocycles. The zero-order valence-electron chi connectivity index (χ0n) is 13.8. The van der Waals surface area contributed by atoms with E-state index in [0.717, 1.165) is 40.6 Å². The summed E-state index contributed by atoms with van der Waals surface area (Å²) in [5, 5.41) is 1.11. The molecule has 0 spiro atoms. The normalized spacial score (nSPS) is 11.3. The summed E-state index contributed by atoms with van der Waals surface area (Å²) >= 11 is 0. The lowest BCUT2D eigenvalue weighted by atomic mass is 10.1. The van der Waals surface area contributed by atoms with E-state index in [9.17, 15) is 4.79 Å². The number of hydrogen-bond donors (Lipinski definition) is 0. The minimum absolute atomic E-state index is 0.142. The Hall–Kier alpha value is -2.43. The summed E-state index contributed by atoms with van der Waals surface area (Å²) in [5.41, 5.74) is 4.23. The van der Waals surface area contributed by atoms with Crippen LogP contribution in [0, 0.1) is 6.92 Å². The first-order valence-electron chi connectivity index (χ1n) is 7.97. The van der Waals surface area contributed by atoms with E-state index < -0.39 is 0 Å². The molecule has 3 aromatic rings. The summed E-state index contributed by atoms with van der Waals surface area (Å²) < 4.78 is 7.07. The van der Waals surface area contributed by atoms with E-state index >= 15 is 0 Å². The number of carbonyl (C=O) groups excluding carboxylic acids is 1. The van der Waals surface area contributed by atoms with E-state index in [1.807, 2.05) is 32.3 Å². The fourth-order valence-electron chi connectivity index (χ4n) is 2.95. The minimum atomic E-state index is -0.142. The van der Waals surface area contributed by atoms with Crippen LogP contribution in [0.4, 0.5) is 0 Å². The van der Waals surface area contributed by atoms with Gasteiger partial charge < -0.3 is 9.30 Å². The van der Waals surface area contributed by atoms with Crippen molar-refractivity contribution in [3.63, 3.8) is 0 Å². The van der Waals surface area contributed by atoms with Crippen LogP contribution in [0.1, 0.15) is 31.2 Å². The largest absolute Gasteiger partial charge is 0.466 e. The Morgan fingerprint density at radius 1 is 1.30 bits per heavy atom. The van der Waals surface area contributed by atoms with E-state index in [-0.39, 0.29) is 5.97 Å². The number of esters is 1. The molecule has 0 amide bonds. The number of rotatable bonds is 5. The van der Waals surface area contributed by atoms with Gasteiger partial charge in [-0.25, -0.2) is 4.98 Å². The van der Waals surface area contributed by atoms with Gasteiger partial charge in [-0.2, -0.15) is 0 Å². The summed E-state index contributed by atoms with van der Waals surface area (Å²) in [7, 11) is 2.02. The SMILES string of the molecule is CCOC(=O)CCCc1nc2c3c(C)ccnc3ccc2n1C. The summed E-state index contributed by atoms with van der Waals surface area (Å²) in [6.07, 6.45) is 3.75. The summed E-state index contributed by atoms with van der Waals surface area (Å²) in [5.74, 6) is 0.844. The highest BCUT2D eigenvalue weighted by Crippen LogP contribution is 2.27.